The molecule has 1 N–H and O–H groups in total. The molecule has 0 aromatic carbocycles. The Morgan fingerprint density at radius 3 is 3.00 bits per heavy atom. The summed E-state index contributed by atoms with van der Waals surface area (Å²) >= 11 is 0. The van der Waals surface area contributed by atoms with E-state index in [0.717, 1.165) is 12.1 Å². The van der Waals surface area contributed by atoms with Crippen molar-refractivity contribution in [2.75, 3.05) is 13.7 Å². The minimum atomic E-state index is 0.613. The van der Waals surface area contributed by atoms with E-state index in [1.807, 2.05) is 6.92 Å². The van der Waals surface area contributed by atoms with Gasteiger partial charge in [-0.25, -0.2) is 0 Å². The van der Waals surface area contributed by atoms with E-state index in [4.69, 9.17) is 0 Å². The first-order chi connectivity index (χ1) is 4.81. The van der Waals surface area contributed by atoms with Crippen LogP contribution in [0.1, 0.15) is 13.3 Å². The minimum absolute atomic E-state index is 0.613. The largest absolute Gasteiger partial charge is 0.399 e. The fourth-order valence-corrected chi connectivity index (χ4v) is 0.513. The number of carbonyl (C=O) groups excluding carboxylic acids is 1. The summed E-state index contributed by atoms with van der Waals surface area (Å²) in [5.74, 6) is 0. The predicted molar refractivity (Wildman–Crippen MR) is 38.8 cm³/mol. The summed E-state index contributed by atoms with van der Waals surface area (Å²) in [5, 5.41) is 6.18. The summed E-state index contributed by atoms with van der Waals surface area (Å²) in [5.41, 5.74) is 0.872. The highest BCUT2D eigenvalue weighted by Crippen LogP contribution is 1.83. The Bertz CT molecular complexity index is 123. The van der Waals surface area contributed by atoms with Crippen LogP contribution in [0.15, 0.2) is 5.16 Å². The first kappa shape index (κ1) is 8.94. The van der Waals surface area contributed by atoms with Gasteiger partial charge in [-0.2, -0.15) is 0 Å². The maximum atomic E-state index is 9.76. The van der Waals surface area contributed by atoms with Gasteiger partial charge in [0.2, 0.25) is 6.41 Å². The Labute approximate surface area is 60.2 Å². The van der Waals surface area contributed by atoms with Crippen LogP contribution < -0.4 is 5.32 Å². The molecule has 0 aromatic rings. The lowest BCUT2D eigenvalue weighted by Gasteiger charge is -1.96. The van der Waals surface area contributed by atoms with Crippen molar-refractivity contribution in [2.24, 2.45) is 5.16 Å². The van der Waals surface area contributed by atoms with Crippen LogP contribution in [0.4, 0.5) is 0 Å². The molecule has 0 heterocycles. The molecule has 4 nitrogen and oxygen atoms in total. The molecule has 0 radical (unpaired) electrons. The monoisotopic (exact) mass is 144 g/mol. The molecular formula is C6H12N2O2. The molecule has 4 heteroatoms. The van der Waals surface area contributed by atoms with E-state index in [1.54, 1.807) is 0 Å². The van der Waals surface area contributed by atoms with E-state index >= 15 is 0 Å². The predicted octanol–water partition coefficient (Wildman–Crippen LogP) is 0.145. The van der Waals surface area contributed by atoms with Crippen molar-refractivity contribution in [1.29, 1.82) is 0 Å². The Hall–Kier alpha value is -1.06. The molecule has 0 saturated heterocycles. The molecule has 0 saturated carbocycles. The van der Waals surface area contributed by atoms with Gasteiger partial charge in [0.25, 0.3) is 0 Å². The molecule has 0 atom stereocenters. The van der Waals surface area contributed by atoms with Crippen molar-refractivity contribution in [1.82, 2.24) is 5.32 Å². The van der Waals surface area contributed by atoms with Gasteiger partial charge in [0.1, 0.15) is 7.11 Å². The molecule has 0 unspecified atom stereocenters. The number of carbonyl (C=O) groups is 1. The van der Waals surface area contributed by atoms with Crippen LogP contribution in [0.2, 0.25) is 0 Å². The third kappa shape index (κ3) is 5.08. The van der Waals surface area contributed by atoms with E-state index in [9.17, 15) is 4.79 Å². The second kappa shape index (κ2) is 6.07. The number of amides is 1. The second-order valence-electron chi connectivity index (χ2n) is 1.83. The first-order valence-electron chi connectivity index (χ1n) is 3.05. The fourth-order valence-electron chi connectivity index (χ4n) is 0.513. The highest BCUT2D eigenvalue weighted by atomic mass is 16.6. The summed E-state index contributed by atoms with van der Waals surface area (Å²) in [6.07, 6.45) is 1.40. The zero-order chi connectivity index (χ0) is 7.82. The van der Waals surface area contributed by atoms with Crippen molar-refractivity contribution in [2.45, 2.75) is 13.3 Å². The molecule has 0 fully saturated rings. The summed E-state index contributed by atoms with van der Waals surface area (Å²) in [6, 6.07) is 0. The third-order valence-corrected chi connectivity index (χ3v) is 0.962. The smallest absolute Gasteiger partial charge is 0.207 e. The minimum Gasteiger partial charge on any atom is -0.399 e. The lowest BCUT2D eigenvalue weighted by Crippen LogP contribution is -2.14. The number of rotatable bonds is 5. The van der Waals surface area contributed by atoms with E-state index in [1.165, 1.54) is 7.11 Å². The summed E-state index contributed by atoms with van der Waals surface area (Å²) < 4.78 is 0. The molecule has 0 aliphatic carbocycles. The standard InChI is InChI=1S/C6H12N2O2/c1-6(8-10-2)3-4-7-5-9/h5H,3-4H2,1-2H3,(H,7,9)/b8-6+. The quantitative estimate of drug-likeness (QED) is 0.258. The number of nitrogens with one attached hydrogen (secondary N) is 1. The zero-order valence-corrected chi connectivity index (χ0v) is 6.26. The van der Waals surface area contributed by atoms with Crippen molar-refractivity contribution in [3.63, 3.8) is 0 Å². The van der Waals surface area contributed by atoms with Gasteiger partial charge in [0.05, 0.1) is 5.71 Å². The second-order valence-corrected chi connectivity index (χ2v) is 1.83. The number of nitrogens with zero attached hydrogens (tertiary/aromatic N) is 1. The average molecular weight is 144 g/mol. The normalized spacial score (nSPS) is 10.8. The molecule has 58 valence electrons. The van der Waals surface area contributed by atoms with Crippen molar-refractivity contribution in [3.05, 3.63) is 0 Å². The Morgan fingerprint density at radius 1 is 1.80 bits per heavy atom. The highest BCUT2D eigenvalue weighted by molar-refractivity contribution is 5.81. The van der Waals surface area contributed by atoms with Gasteiger partial charge in [-0.1, -0.05) is 5.16 Å². The van der Waals surface area contributed by atoms with E-state index in [0.29, 0.717) is 13.0 Å². The van der Waals surface area contributed by atoms with Gasteiger partial charge in [0.15, 0.2) is 0 Å². The van der Waals surface area contributed by atoms with Crippen LogP contribution in [0.25, 0.3) is 0 Å². The van der Waals surface area contributed by atoms with Crippen LogP contribution in [0.3, 0.4) is 0 Å². The summed E-state index contributed by atoms with van der Waals surface area (Å²) in [4.78, 5) is 14.3. The molecule has 0 aromatic heterocycles. The molecule has 10 heavy (non-hydrogen) atoms. The summed E-state index contributed by atoms with van der Waals surface area (Å²) in [7, 11) is 1.50. The molecule has 0 spiro atoms. The molecular weight excluding hydrogens is 132 g/mol. The third-order valence-electron chi connectivity index (χ3n) is 0.962. The van der Waals surface area contributed by atoms with Crippen LogP contribution >= 0.6 is 0 Å². The van der Waals surface area contributed by atoms with Gasteiger partial charge in [0, 0.05) is 13.0 Å². The van der Waals surface area contributed by atoms with Crippen LogP contribution in [0.5, 0.6) is 0 Å². The SMILES string of the molecule is CO/N=C(\C)CCNC=O. The van der Waals surface area contributed by atoms with Crippen molar-refractivity contribution in [3.8, 4) is 0 Å². The highest BCUT2D eigenvalue weighted by Gasteiger charge is 1.89. The van der Waals surface area contributed by atoms with Gasteiger partial charge >= 0.3 is 0 Å². The van der Waals surface area contributed by atoms with E-state index in [-0.39, 0.29) is 0 Å². The average Bonchev–Trinajstić information content (AvgIpc) is 1.89. The first-order valence-corrected chi connectivity index (χ1v) is 3.05. The molecule has 0 bridgehead atoms. The Balaban J connectivity index is 3.29. The molecule has 0 aliphatic heterocycles. The van der Waals surface area contributed by atoms with E-state index in [2.05, 4.69) is 15.3 Å². The number of hydrogen-bond donors (Lipinski definition) is 1. The lowest BCUT2D eigenvalue weighted by atomic mass is 10.3. The summed E-state index contributed by atoms with van der Waals surface area (Å²) in [6.45, 7) is 2.46. The molecule has 0 aliphatic rings. The van der Waals surface area contributed by atoms with Gasteiger partial charge in [-0.3, -0.25) is 4.79 Å². The molecule has 1 amide bonds. The molecule has 0 rings (SSSR count). The maximum absolute atomic E-state index is 9.76. The topological polar surface area (TPSA) is 50.7 Å². The Morgan fingerprint density at radius 2 is 2.50 bits per heavy atom. The number of oxime groups is 1. The fraction of sp³-hybridized carbons (Fsp3) is 0.667. The van der Waals surface area contributed by atoms with Crippen molar-refractivity contribution >= 4 is 12.1 Å². The maximum Gasteiger partial charge on any atom is 0.207 e. The lowest BCUT2D eigenvalue weighted by molar-refractivity contribution is -0.109. The van der Waals surface area contributed by atoms with Crippen LogP contribution in [0, 0.1) is 0 Å². The zero-order valence-electron chi connectivity index (χ0n) is 6.26. The van der Waals surface area contributed by atoms with Gasteiger partial charge in [-0.05, 0) is 6.92 Å². The van der Waals surface area contributed by atoms with Gasteiger partial charge < -0.3 is 10.2 Å². The van der Waals surface area contributed by atoms with Gasteiger partial charge in [-0.15, -0.1) is 0 Å². The number of hydrogen-bond acceptors (Lipinski definition) is 3. The van der Waals surface area contributed by atoms with Crippen LogP contribution in [-0.4, -0.2) is 25.8 Å². The van der Waals surface area contributed by atoms with Crippen molar-refractivity contribution < 1.29 is 9.63 Å². The Kier molecular flexibility index (Phi) is 5.42. The van der Waals surface area contributed by atoms with E-state index < -0.39 is 0 Å². The van der Waals surface area contributed by atoms with Crippen LogP contribution in [-0.2, 0) is 9.63 Å².